The monoisotopic (exact) mass is 515 g/mol. The van der Waals surface area contributed by atoms with Gasteiger partial charge in [0.1, 0.15) is 6.17 Å². The second-order valence-electron chi connectivity index (χ2n) is 12.7. The first kappa shape index (κ1) is 25.3. The number of nitrogens with one attached hydrogen (secondary N) is 2. The summed E-state index contributed by atoms with van der Waals surface area (Å²) in [5.74, 6) is -1.02. The molecule has 7 unspecified atom stereocenters. The van der Waals surface area contributed by atoms with Gasteiger partial charge < -0.3 is 9.80 Å². The summed E-state index contributed by atoms with van der Waals surface area (Å²) in [7, 11) is 2.12. The number of hydrogen-bond donors (Lipinski definition) is 2. The fourth-order valence-corrected chi connectivity index (χ4v) is 8.61. The smallest absolute Gasteiger partial charge is 0.339 e. The van der Waals surface area contributed by atoms with E-state index in [2.05, 4.69) is 22.8 Å². The normalized spacial score (nSPS) is 46.5. The molecule has 0 aromatic carbocycles. The molecule has 0 aromatic rings. The Bertz CT molecular complexity index is 829. The van der Waals surface area contributed by atoms with Crippen LogP contribution < -0.4 is 10.9 Å². The number of alkyl halides is 4. The van der Waals surface area contributed by atoms with Gasteiger partial charge in [-0.05, 0) is 75.2 Å². The van der Waals surface area contributed by atoms with E-state index in [0.29, 0.717) is 56.4 Å². The van der Waals surface area contributed by atoms with E-state index in [-0.39, 0.29) is 30.8 Å². The predicted molar refractivity (Wildman–Crippen MR) is 127 cm³/mol. The van der Waals surface area contributed by atoms with E-state index in [1.807, 2.05) is 9.80 Å². The summed E-state index contributed by atoms with van der Waals surface area (Å²) in [6.45, 7) is 2.50. The van der Waals surface area contributed by atoms with Crippen molar-refractivity contribution in [3.05, 3.63) is 0 Å². The Labute approximate surface area is 211 Å². The molecule has 3 saturated heterocycles. The van der Waals surface area contributed by atoms with Crippen molar-refractivity contribution in [2.24, 2.45) is 41.4 Å². The first-order chi connectivity index (χ1) is 17.2. The van der Waals surface area contributed by atoms with E-state index in [4.69, 9.17) is 0 Å². The number of carbonyl (C=O) groups excluding carboxylic acids is 1. The van der Waals surface area contributed by atoms with Crippen LogP contribution in [0, 0.1) is 41.4 Å². The second kappa shape index (κ2) is 9.65. The highest BCUT2D eigenvalue weighted by Gasteiger charge is 2.58. The van der Waals surface area contributed by atoms with Crippen molar-refractivity contribution in [1.82, 2.24) is 25.6 Å². The minimum Gasteiger partial charge on any atom is -0.339 e. The topological polar surface area (TPSA) is 50.9 Å². The van der Waals surface area contributed by atoms with Crippen molar-refractivity contribution < 1.29 is 22.4 Å². The Morgan fingerprint density at radius 2 is 1.83 bits per heavy atom. The number of carbonyl (C=O) groups is 1. The fourth-order valence-electron chi connectivity index (χ4n) is 8.61. The minimum atomic E-state index is -4.30. The van der Waals surface area contributed by atoms with Crippen LogP contribution in [-0.2, 0) is 4.79 Å². The molecule has 6 rings (SSSR count). The Morgan fingerprint density at radius 3 is 2.53 bits per heavy atom. The van der Waals surface area contributed by atoms with Gasteiger partial charge in [-0.1, -0.05) is 12.8 Å². The molecular weight excluding hydrogens is 474 g/mol. The lowest BCUT2D eigenvalue weighted by atomic mass is 9.68. The van der Waals surface area contributed by atoms with Crippen molar-refractivity contribution >= 4 is 5.91 Å². The van der Waals surface area contributed by atoms with Gasteiger partial charge in [-0.2, -0.15) is 13.2 Å². The molecule has 0 aromatic heterocycles. The number of nitrogens with zero attached hydrogens (tertiary/aromatic N) is 3. The van der Waals surface area contributed by atoms with Gasteiger partial charge in [0.15, 0.2) is 0 Å². The largest absolute Gasteiger partial charge is 0.392 e. The first-order valence-corrected chi connectivity index (χ1v) is 14.1. The number of hydrazine groups is 1. The predicted octanol–water partition coefficient (Wildman–Crippen LogP) is 3.21. The summed E-state index contributed by atoms with van der Waals surface area (Å²) in [5, 5.41) is 0. The highest BCUT2D eigenvalue weighted by Crippen LogP contribution is 2.54. The van der Waals surface area contributed by atoms with Gasteiger partial charge in [0.2, 0.25) is 5.91 Å². The third kappa shape index (κ3) is 4.80. The van der Waals surface area contributed by atoms with Gasteiger partial charge in [0.25, 0.3) is 0 Å². The van der Waals surface area contributed by atoms with Crippen LogP contribution >= 0.6 is 0 Å². The van der Waals surface area contributed by atoms with Crippen LogP contribution in [0.5, 0.6) is 0 Å². The first-order valence-electron chi connectivity index (χ1n) is 14.1. The number of fused-ring (bicyclic) bond motifs is 1. The van der Waals surface area contributed by atoms with Gasteiger partial charge in [-0.15, -0.1) is 0 Å². The maximum atomic E-state index is 14.2. The number of halogens is 4. The minimum absolute atomic E-state index is 0.0388. The summed E-state index contributed by atoms with van der Waals surface area (Å²) < 4.78 is 56.3. The molecule has 2 N–H and O–H groups in total. The summed E-state index contributed by atoms with van der Waals surface area (Å²) in [4.78, 5) is 19.7. The zero-order chi connectivity index (χ0) is 25.2. The van der Waals surface area contributed by atoms with E-state index in [1.165, 1.54) is 6.42 Å². The molecule has 36 heavy (non-hydrogen) atoms. The Balaban J connectivity index is 1.12. The van der Waals surface area contributed by atoms with Crippen LogP contribution in [0.25, 0.3) is 0 Å². The Morgan fingerprint density at radius 1 is 1.00 bits per heavy atom. The molecule has 0 radical (unpaired) electrons. The molecule has 3 heterocycles. The van der Waals surface area contributed by atoms with Crippen LogP contribution in [-0.4, -0.2) is 85.1 Å². The molecule has 3 saturated carbocycles. The fraction of sp³-hybridized carbons (Fsp3) is 0.962. The molecule has 10 heteroatoms. The summed E-state index contributed by atoms with van der Waals surface area (Å²) in [5.41, 5.74) is 6.59. The lowest BCUT2D eigenvalue weighted by Gasteiger charge is -2.39. The molecule has 6 fully saturated rings. The maximum absolute atomic E-state index is 14.2. The van der Waals surface area contributed by atoms with Gasteiger partial charge >= 0.3 is 6.18 Å². The standard InChI is InChI=1S/C26H41F4N5O/c1-33-14-31-32-24(33)20-10-19(20)16-3-2-4-18(9-16)35-13-22-21(25(35)36)7-15(8-23(22)26(28,29)30)11-34-6-5-17(27)12-34/h15-24,31-32H,2-14H2,1H3/t15?,16?,17-,18?,19+,20+,21?,22?,23?,24?/m0/s1. The zero-order valence-electron chi connectivity index (χ0n) is 21.2. The highest BCUT2D eigenvalue weighted by atomic mass is 19.4. The third-order valence-corrected chi connectivity index (χ3v) is 10.5. The number of amides is 1. The van der Waals surface area contributed by atoms with Crippen molar-refractivity contribution in [3.63, 3.8) is 0 Å². The highest BCUT2D eigenvalue weighted by molar-refractivity contribution is 5.82. The summed E-state index contributed by atoms with van der Waals surface area (Å²) in [6, 6.07) is 0.0775. The number of rotatable bonds is 5. The molecule has 6 nitrogen and oxygen atoms in total. The average molecular weight is 516 g/mol. The Hall–Kier alpha value is -0.970. The summed E-state index contributed by atoms with van der Waals surface area (Å²) >= 11 is 0. The molecule has 0 bridgehead atoms. The van der Waals surface area contributed by atoms with Crippen LogP contribution in [0.1, 0.15) is 51.4 Å². The van der Waals surface area contributed by atoms with Gasteiger partial charge in [0.05, 0.1) is 18.8 Å². The lowest BCUT2D eigenvalue weighted by Crippen LogP contribution is -2.43. The molecule has 6 aliphatic rings. The lowest BCUT2D eigenvalue weighted by molar-refractivity contribution is -0.204. The SMILES string of the molecule is CN1CNNC1[C@@H]1C[C@@H]1C1CCCC(N2CC3C(CC(CN4CC[C@H](F)C4)CC3C(F)(F)F)C2=O)C1. The quantitative estimate of drug-likeness (QED) is 0.551. The average Bonchev–Trinajstić information content (AvgIpc) is 3.14. The van der Waals surface area contributed by atoms with Crippen molar-refractivity contribution in [2.45, 2.75) is 75.9 Å². The molecule has 1 amide bonds. The van der Waals surface area contributed by atoms with Gasteiger partial charge in [-0.25, -0.2) is 15.2 Å². The number of hydrogen-bond acceptors (Lipinski definition) is 5. The van der Waals surface area contributed by atoms with Gasteiger partial charge in [0, 0.05) is 38.1 Å². The maximum Gasteiger partial charge on any atom is 0.392 e. The zero-order valence-corrected chi connectivity index (χ0v) is 21.2. The van der Waals surface area contributed by atoms with Crippen molar-refractivity contribution in [2.75, 3.05) is 39.9 Å². The third-order valence-electron chi connectivity index (χ3n) is 10.5. The van der Waals surface area contributed by atoms with E-state index in [1.54, 1.807) is 0 Å². The van der Waals surface area contributed by atoms with E-state index in [0.717, 1.165) is 32.4 Å². The van der Waals surface area contributed by atoms with E-state index < -0.39 is 30.1 Å². The molecular formula is C26H41F4N5O. The molecule has 10 atom stereocenters. The molecule has 3 aliphatic heterocycles. The van der Waals surface area contributed by atoms with Crippen LogP contribution in [0.15, 0.2) is 0 Å². The Kier molecular flexibility index (Phi) is 6.79. The molecule has 0 spiro atoms. The molecule has 204 valence electrons. The van der Waals surface area contributed by atoms with Gasteiger partial charge in [-0.3, -0.25) is 9.69 Å². The van der Waals surface area contributed by atoms with Crippen LogP contribution in [0.2, 0.25) is 0 Å². The van der Waals surface area contributed by atoms with E-state index >= 15 is 0 Å². The van der Waals surface area contributed by atoms with Crippen LogP contribution in [0.3, 0.4) is 0 Å². The van der Waals surface area contributed by atoms with Crippen LogP contribution in [0.4, 0.5) is 17.6 Å². The van der Waals surface area contributed by atoms with Crippen molar-refractivity contribution in [1.29, 1.82) is 0 Å². The number of likely N-dealkylation sites (tertiary alicyclic amines) is 2. The van der Waals surface area contributed by atoms with Crippen molar-refractivity contribution in [3.8, 4) is 0 Å². The van der Waals surface area contributed by atoms with E-state index in [9.17, 15) is 22.4 Å². The summed E-state index contributed by atoms with van der Waals surface area (Å²) in [6.07, 6.45) is 1.47. The second-order valence-corrected chi connectivity index (χ2v) is 12.7. The molecule has 3 aliphatic carbocycles.